The number of nitrogens with zero attached hydrogens (tertiary/aromatic N) is 2. The highest BCUT2D eigenvalue weighted by Gasteiger charge is 2.19. The maximum Gasteiger partial charge on any atom is 0.321 e. The molecule has 0 saturated heterocycles. The molecule has 3 N–H and O–H groups in total. The SMILES string of the molecule is Cc1nc(SCC(NC(C)C)C(=O)O)n[nH]1. The molecule has 0 saturated carbocycles. The molecular formula is C9H16N4O2S. The number of aryl methyl sites for hydroxylation is 1. The van der Waals surface area contributed by atoms with E-state index in [1.165, 1.54) is 11.8 Å². The Morgan fingerprint density at radius 1 is 1.62 bits per heavy atom. The van der Waals surface area contributed by atoms with E-state index in [1.54, 1.807) is 6.92 Å². The van der Waals surface area contributed by atoms with Crippen LogP contribution in [0.4, 0.5) is 0 Å². The lowest BCUT2D eigenvalue weighted by molar-refractivity contribution is -0.139. The molecule has 0 aliphatic rings. The zero-order valence-electron chi connectivity index (χ0n) is 9.52. The van der Waals surface area contributed by atoms with E-state index in [0.717, 1.165) is 5.82 Å². The first-order valence-corrected chi connectivity index (χ1v) is 5.98. The van der Waals surface area contributed by atoms with E-state index in [9.17, 15) is 4.79 Å². The summed E-state index contributed by atoms with van der Waals surface area (Å²) < 4.78 is 0. The number of thioether (sulfide) groups is 1. The van der Waals surface area contributed by atoms with Crippen LogP contribution in [0.2, 0.25) is 0 Å². The van der Waals surface area contributed by atoms with Crippen molar-refractivity contribution in [2.45, 2.75) is 38.0 Å². The largest absolute Gasteiger partial charge is 0.480 e. The molecule has 0 radical (unpaired) electrons. The molecular weight excluding hydrogens is 228 g/mol. The molecule has 0 spiro atoms. The van der Waals surface area contributed by atoms with Crippen LogP contribution in [0.15, 0.2) is 5.16 Å². The Balaban J connectivity index is 2.46. The van der Waals surface area contributed by atoms with E-state index in [4.69, 9.17) is 5.11 Å². The first kappa shape index (κ1) is 13.0. The van der Waals surface area contributed by atoms with Gasteiger partial charge >= 0.3 is 5.97 Å². The predicted octanol–water partition coefficient (Wildman–Crippen LogP) is 0.656. The first-order chi connectivity index (χ1) is 7.49. The van der Waals surface area contributed by atoms with Gasteiger partial charge in [0.2, 0.25) is 5.16 Å². The average molecular weight is 244 g/mol. The van der Waals surface area contributed by atoms with Gasteiger partial charge in [0.15, 0.2) is 0 Å². The number of aromatic amines is 1. The molecule has 6 nitrogen and oxygen atoms in total. The van der Waals surface area contributed by atoms with Crippen molar-refractivity contribution in [1.82, 2.24) is 20.5 Å². The van der Waals surface area contributed by atoms with Crippen LogP contribution in [0.1, 0.15) is 19.7 Å². The molecule has 1 aromatic rings. The number of carboxylic acids is 1. The summed E-state index contributed by atoms with van der Waals surface area (Å²) in [5.41, 5.74) is 0. The maximum absolute atomic E-state index is 10.9. The number of hydrogen-bond donors (Lipinski definition) is 3. The Morgan fingerprint density at radius 3 is 2.75 bits per heavy atom. The molecule has 0 fully saturated rings. The number of carboxylic acid groups (broad SMARTS) is 1. The molecule has 0 amide bonds. The Hall–Kier alpha value is -1.08. The lowest BCUT2D eigenvalue weighted by Gasteiger charge is -2.15. The molecule has 1 aromatic heterocycles. The summed E-state index contributed by atoms with van der Waals surface area (Å²) in [5.74, 6) is 0.282. The lowest BCUT2D eigenvalue weighted by Crippen LogP contribution is -2.42. The molecule has 90 valence electrons. The number of H-pyrrole nitrogens is 1. The van der Waals surface area contributed by atoms with Crippen molar-refractivity contribution in [1.29, 1.82) is 0 Å². The smallest absolute Gasteiger partial charge is 0.321 e. The number of carbonyl (C=O) groups is 1. The van der Waals surface area contributed by atoms with Crippen molar-refractivity contribution >= 4 is 17.7 Å². The van der Waals surface area contributed by atoms with Gasteiger partial charge in [-0.15, -0.1) is 5.10 Å². The van der Waals surface area contributed by atoms with E-state index >= 15 is 0 Å². The van der Waals surface area contributed by atoms with Crippen molar-refractivity contribution in [2.75, 3.05) is 5.75 Å². The van der Waals surface area contributed by atoms with Crippen LogP contribution >= 0.6 is 11.8 Å². The van der Waals surface area contributed by atoms with E-state index in [2.05, 4.69) is 20.5 Å². The van der Waals surface area contributed by atoms with Gasteiger partial charge in [0.1, 0.15) is 11.9 Å². The third kappa shape index (κ3) is 4.19. The van der Waals surface area contributed by atoms with Crippen LogP contribution in [0.3, 0.4) is 0 Å². The summed E-state index contributed by atoms with van der Waals surface area (Å²) in [4.78, 5) is 15.0. The van der Waals surface area contributed by atoms with Crippen LogP contribution in [-0.2, 0) is 4.79 Å². The van der Waals surface area contributed by atoms with Crippen LogP contribution in [-0.4, -0.2) is 44.1 Å². The van der Waals surface area contributed by atoms with Crippen molar-refractivity contribution in [3.63, 3.8) is 0 Å². The minimum atomic E-state index is -0.853. The monoisotopic (exact) mass is 244 g/mol. The van der Waals surface area contributed by atoms with Crippen LogP contribution in [0.25, 0.3) is 0 Å². The van der Waals surface area contributed by atoms with Crippen molar-refractivity contribution < 1.29 is 9.90 Å². The number of aliphatic carboxylic acids is 1. The third-order valence-corrected chi connectivity index (χ3v) is 2.73. The zero-order chi connectivity index (χ0) is 12.1. The first-order valence-electron chi connectivity index (χ1n) is 4.99. The van der Waals surface area contributed by atoms with Crippen LogP contribution in [0.5, 0.6) is 0 Å². The van der Waals surface area contributed by atoms with Gasteiger partial charge in [0, 0.05) is 11.8 Å². The number of nitrogens with one attached hydrogen (secondary N) is 2. The van der Waals surface area contributed by atoms with Crippen molar-refractivity contribution in [2.24, 2.45) is 0 Å². The van der Waals surface area contributed by atoms with E-state index in [-0.39, 0.29) is 6.04 Å². The topological polar surface area (TPSA) is 90.9 Å². The molecule has 1 unspecified atom stereocenters. The lowest BCUT2D eigenvalue weighted by atomic mass is 10.3. The fourth-order valence-corrected chi connectivity index (χ4v) is 2.00. The average Bonchev–Trinajstić information content (AvgIpc) is 2.58. The Labute approximate surface area is 98.2 Å². The summed E-state index contributed by atoms with van der Waals surface area (Å²) in [6.07, 6.45) is 0. The third-order valence-electron chi connectivity index (χ3n) is 1.79. The maximum atomic E-state index is 10.9. The fraction of sp³-hybridized carbons (Fsp3) is 0.667. The summed E-state index contributed by atoms with van der Waals surface area (Å²) >= 11 is 1.32. The van der Waals surface area contributed by atoms with Gasteiger partial charge in [-0.05, 0) is 6.92 Å². The van der Waals surface area contributed by atoms with Gasteiger partial charge in [-0.3, -0.25) is 9.89 Å². The van der Waals surface area contributed by atoms with Gasteiger partial charge in [-0.2, -0.15) is 0 Å². The molecule has 0 aromatic carbocycles. The minimum Gasteiger partial charge on any atom is -0.480 e. The fourth-order valence-electron chi connectivity index (χ4n) is 1.14. The van der Waals surface area contributed by atoms with Gasteiger partial charge in [0.05, 0.1) is 0 Å². The second kappa shape index (κ2) is 5.86. The van der Waals surface area contributed by atoms with Gasteiger partial charge in [-0.1, -0.05) is 25.6 Å². The number of rotatable bonds is 6. The molecule has 1 atom stereocenters. The van der Waals surface area contributed by atoms with Crippen molar-refractivity contribution in [3.8, 4) is 0 Å². The highest BCUT2D eigenvalue weighted by atomic mass is 32.2. The molecule has 1 rings (SSSR count). The minimum absolute atomic E-state index is 0.135. The number of hydrogen-bond acceptors (Lipinski definition) is 5. The highest BCUT2D eigenvalue weighted by molar-refractivity contribution is 7.99. The standard InChI is InChI=1S/C9H16N4O2S/c1-5(2)10-7(8(14)15)4-16-9-11-6(3)12-13-9/h5,7,10H,4H2,1-3H3,(H,14,15)(H,11,12,13). The second-order valence-corrected chi connectivity index (χ2v) is 4.71. The Morgan fingerprint density at radius 2 is 2.31 bits per heavy atom. The molecule has 0 aliphatic carbocycles. The summed E-state index contributed by atoms with van der Waals surface area (Å²) in [7, 11) is 0. The summed E-state index contributed by atoms with van der Waals surface area (Å²) in [5, 5.41) is 19.2. The highest BCUT2D eigenvalue weighted by Crippen LogP contribution is 2.13. The summed E-state index contributed by atoms with van der Waals surface area (Å²) in [6, 6.07) is -0.445. The Bertz CT molecular complexity index is 353. The van der Waals surface area contributed by atoms with Crippen molar-refractivity contribution in [3.05, 3.63) is 5.82 Å². The molecule has 0 aliphatic heterocycles. The van der Waals surface area contributed by atoms with Crippen LogP contribution < -0.4 is 5.32 Å². The summed E-state index contributed by atoms with van der Waals surface area (Å²) in [6.45, 7) is 5.63. The van der Waals surface area contributed by atoms with Gasteiger partial charge in [0.25, 0.3) is 0 Å². The normalized spacial score (nSPS) is 13.0. The van der Waals surface area contributed by atoms with Crippen LogP contribution in [0, 0.1) is 6.92 Å². The molecule has 1 heterocycles. The molecule has 7 heteroatoms. The van der Waals surface area contributed by atoms with E-state index in [1.807, 2.05) is 13.8 Å². The Kier molecular flexibility index (Phi) is 4.75. The molecule has 16 heavy (non-hydrogen) atoms. The zero-order valence-corrected chi connectivity index (χ0v) is 10.3. The predicted molar refractivity (Wildman–Crippen MR) is 61.5 cm³/mol. The quantitative estimate of drug-likeness (QED) is 0.637. The van der Waals surface area contributed by atoms with Gasteiger partial charge in [-0.25, -0.2) is 4.98 Å². The van der Waals surface area contributed by atoms with E-state index < -0.39 is 12.0 Å². The molecule has 0 bridgehead atoms. The number of aromatic nitrogens is 3. The van der Waals surface area contributed by atoms with E-state index in [0.29, 0.717) is 10.9 Å². The van der Waals surface area contributed by atoms with Gasteiger partial charge < -0.3 is 10.4 Å². The second-order valence-electron chi connectivity index (χ2n) is 3.73.